The monoisotopic (exact) mass is 783 g/mol. The van der Waals surface area contributed by atoms with Crippen molar-refractivity contribution in [2.45, 2.75) is 19.3 Å². The quantitative estimate of drug-likeness (QED) is 0.163. The third-order valence-corrected chi connectivity index (χ3v) is 13.7. The lowest BCUT2D eigenvalue weighted by Gasteiger charge is -2.21. The van der Waals surface area contributed by atoms with E-state index in [1.807, 2.05) is 17.4 Å². The number of hydrogen-bond donors (Lipinski definition) is 0. The number of thiophene rings is 1. The van der Waals surface area contributed by atoms with Crippen LogP contribution in [0.25, 0.3) is 109 Å². The molecule has 1 aliphatic carbocycles. The van der Waals surface area contributed by atoms with Crippen LogP contribution in [0.5, 0.6) is 0 Å². The van der Waals surface area contributed by atoms with E-state index in [0.717, 1.165) is 50.7 Å². The smallest absolute Gasteiger partial charge is 0.160 e. The summed E-state index contributed by atoms with van der Waals surface area (Å²) in [5.41, 5.74) is 15.7. The maximum atomic E-state index is 5.25. The SMILES string of the molecule is CC1(C)c2ccccc2-c2cc(-c3nc(-c4ccccc4)cc(-c4ccc(-c5ccc6sc7c(ccc8c(-c9ccccc9)nc9ccccc9c87)c6c5)cc4)n3)ccc21. The third kappa shape index (κ3) is 5.45. The average Bonchev–Trinajstić information content (AvgIpc) is 3.80. The van der Waals surface area contributed by atoms with Gasteiger partial charge in [0.05, 0.1) is 22.6 Å². The van der Waals surface area contributed by atoms with Crippen molar-refractivity contribution in [3.63, 3.8) is 0 Å². The summed E-state index contributed by atoms with van der Waals surface area (Å²) in [4.78, 5) is 15.6. The standard InChI is InChI=1S/C56H37N3S/c1-56(2)46-19-11-9-17-40(46)44-32-39(25-29-47(44)56)55-58-49(35-13-5-3-6-14-35)33-50(59-55)36-23-21-34(22-24-36)38-26-30-51-45(31-38)41-27-28-43-52(54(41)60-51)42-18-10-12-20-48(42)57-53(43)37-15-7-4-8-16-37/h3-33H,1-2H3. The molecule has 60 heavy (non-hydrogen) atoms. The number of rotatable bonds is 5. The highest BCUT2D eigenvalue weighted by Crippen LogP contribution is 2.50. The van der Waals surface area contributed by atoms with Crippen LogP contribution in [0.4, 0.5) is 0 Å². The summed E-state index contributed by atoms with van der Waals surface area (Å²) < 4.78 is 2.58. The van der Waals surface area contributed by atoms with Crippen LogP contribution >= 0.6 is 11.3 Å². The van der Waals surface area contributed by atoms with Crippen LogP contribution in [0, 0.1) is 0 Å². The van der Waals surface area contributed by atoms with Gasteiger partial charge in [0, 0.05) is 64.0 Å². The van der Waals surface area contributed by atoms with Crippen molar-refractivity contribution < 1.29 is 0 Å². The highest BCUT2D eigenvalue weighted by Gasteiger charge is 2.35. The topological polar surface area (TPSA) is 38.7 Å². The molecule has 4 heteroatoms. The van der Waals surface area contributed by atoms with E-state index in [0.29, 0.717) is 0 Å². The Morgan fingerprint density at radius 2 is 1.02 bits per heavy atom. The molecule has 11 aromatic rings. The Bertz CT molecular complexity index is 3490. The normalized spacial score (nSPS) is 13.0. The van der Waals surface area contributed by atoms with Crippen LogP contribution in [-0.4, -0.2) is 15.0 Å². The molecule has 3 aromatic heterocycles. The van der Waals surface area contributed by atoms with Gasteiger partial charge in [-0.05, 0) is 63.7 Å². The molecule has 0 N–H and O–H groups in total. The van der Waals surface area contributed by atoms with Crippen LogP contribution < -0.4 is 0 Å². The van der Waals surface area contributed by atoms with Crippen molar-refractivity contribution in [3.05, 3.63) is 199 Å². The van der Waals surface area contributed by atoms with Crippen LogP contribution in [0.2, 0.25) is 0 Å². The minimum Gasteiger partial charge on any atom is -0.247 e. The molecule has 0 amide bonds. The largest absolute Gasteiger partial charge is 0.247 e. The fraction of sp³-hybridized carbons (Fsp3) is 0.0536. The van der Waals surface area contributed by atoms with E-state index >= 15 is 0 Å². The maximum Gasteiger partial charge on any atom is 0.160 e. The van der Waals surface area contributed by atoms with Gasteiger partial charge in [-0.3, -0.25) is 0 Å². The number of hydrogen-bond acceptors (Lipinski definition) is 4. The van der Waals surface area contributed by atoms with Gasteiger partial charge >= 0.3 is 0 Å². The van der Waals surface area contributed by atoms with Crippen molar-refractivity contribution >= 4 is 53.2 Å². The zero-order valence-electron chi connectivity index (χ0n) is 33.1. The first-order valence-corrected chi connectivity index (χ1v) is 21.3. The Morgan fingerprint density at radius 1 is 0.400 bits per heavy atom. The van der Waals surface area contributed by atoms with Crippen molar-refractivity contribution in [2.75, 3.05) is 0 Å². The number of pyridine rings is 1. The van der Waals surface area contributed by atoms with Gasteiger partial charge in [0.2, 0.25) is 0 Å². The zero-order chi connectivity index (χ0) is 40.0. The number of fused-ring (bicyclic) bond motifs is 10. The van der Waals surface area contributed by atoms with Crippen LogP contribution in [-0.2, 0) is 5.41 Å². The first-order valence-electron chi connectivity index (χ1n) is 20.5. The van der Waals surface area contributed by atoms with Crippen LogP contribution in [0.3, 0.4) is 0 Å². The van der Waals surface area contributed by atoms with Crippen molar-refractivity contribution in [3.8, 4) is 67.4 Å². The van der Waals surface area contributed by atoms with Gasteiger partial charge in [0.25, 0.3) is 0 Å². The average molecular weight is 784 g/mol. The van der Waals surface area contributed by atoms with Crippen LogP contribution in [0.1, 0.15) is 25.0 Å². The Morgan fingerprint density at radius 3 is 1.82 bits per heavy atom. The van der Waals surface area contributed by atoms with Crippen molar-refractivity contribution in [1.29, 1.82) is 0 Å². The van der Waals surface area contributed by atoms with Gasteiger partial charge in [-0.2, -0.15) is 0 Å². The molecule has 0 spiro atoms. The minimum atomic E-state index is -0.0568. The molecular formula is C56H37N3S. The summed E-state index contributed by atoms with van der Waals surface area (Å²) in [7, 11) is 0. The molecule has 3 nitrogen and oxygen atoms in total. The lowest BCUT2D eigenvalue weighted by atomic mass is 9.82. The summed E-state index contributed by atoms with van der Waals surface area (Å²) in [5.74, 6) is 0.724. The van der Waals surface area contributed by atoms with Gasteiger partial charge in [-0.25, -0.2) is 15.0 Å². The Balaban J connectivity index is 0.949. The first kappa shape index (κ1) is 34.7. The number of para-hydroxylation sites is 1. The highest BCUT2D eigenvalue weighted by molar-refractivity contribution is 7.26. The third-order valence-electron chi connectivity index (χ3n) is 12.5. The predicted molar refractivity (Wildman–Crippen MR) is 252 cm³/mol. The van der Waals surface area contributed by atoms with E-state index in [4.69, 9.17) is 15.0 Å². The van der Waals surface area contributed by atoms with Crippen molar-refractivity contribution in [2.24, 2.45) is 0 Å². The van der Waals surface area contributed by atoms with Gasteiger partial charge in [0.15, 0.2) is 5.82 Å². The molecule has 0 unspecified atom stereocenters. The van der Waals surface area contributed by atoms with E-state index in [-0.39, 0.29) is 5.41 Å². The fourth-order valence-electron chi connectivity index (χ4n) is 9.44. The Hall–Kier alpha value is -7.27. The predicted octanol–water partition coefficient (Wildman–Crippen LogP) is 15.2. The summed E-state index contributed by atoms with van der Waals surface area (Å²) in [6, 6.07) is 67.5. The second kappa shape index (κ2) is 13.4. The summed E-state index contributed by atoms with van der Waals surface area (Å²) in [5, 5.41) is 6.19. The lowest BCUT2D eigenvalue weighted by molar-refractivity contribution is 0.660. The Labute approximate surface area is 352 Å². The van der Waals surface area contributed by atoms with Gasteiger partial charge in [-0.1, -0.05) is 172 Å². The van der Waals surface area contributed by atoms with E-state index in [2.05, 4.69) is 196 Å². The van der Waals surface area contributed by atoms with Gasteiger partial charge in [0.1, 0.15) is 0 Å². The molecule has 0 bridgehead atoms. The molecule has 0 fully saturated rings. The van der Waals surface area contributed by atoms with E-state index in [1.54, 1.807) is 0 Å². The minimum absolute atomic E-state index is 0.0568. The fourth-order valence-corrected chi connectivity index (χ4v) is 10.7. The molecule has 12 rings (SSSR count). The number of benzene rings is 8. The van der Waals surface area contributed by atoms with Crippen molar-refractivity contribution in [1.82, 2.24) is 15.0 Å². The summed E-state index contributed by atoms with van der Waals surface area (Å²) >= 11 is 1.87. The molecule has 3 heterocycles. The number of aromatic nitrogens is 3. The van der Waals surface area contributed by atoms with E-state index in [9.17, 15) is 0 Å². The highest BCUT2D eigenvalue weighted by atomic mass is 32.1. The molecule has 0 saturated heterocycles. The first-order chi connectivity index (χ1) is 29.5. The molecular weight excluding hydrogens is 747 g/mol. The van der Waals surface area contributed by atoms with Gasteiger partial charge < -0.3 is 0 Å². The molecule has 0 aliphatic heterocycles. The lowest BCUT2D eigenvalue weighted by Crippen LogP contribution is -2.14. The molecule has 8 aromatic carbocycles. The number of nitrogens with zero attached hydrogens (tertiary/aromatic N) is 3. The molecule has 282 valence electrons. The van der Waals surface area contributed by atoms with Gasteiger partial charge in [-0.15, -0.1) is 11.3 Å². The summed E-state index contributed by atoms with van der Waals surface area (Å²) in [6.07, 6.45) is 0. The maximum absolute atomic E-state index is 5.25. The second-order valence-corrected chi connectivity index (χ2v) is 17.4. The molecule has 1 aliphatic rings. The molecule has 0 saturated carbocycles. The van der Waals surface area contributed by atoms with E-state index in [1.165, 1.54) is 69.7 Å². The second-order valence-electron chi connectivity index (χ2n) is 16.4. The molecule has 0 radical (unpaired) electrons. The zero-order valence-corrected chi connectivity index (χ0v) is 34.0. The summed E-state index contributed by atoms with van der Waals surface area (Å²) in [6.45, 7) is 4.63. The van der Waals surface area contributed by atoms with Crippen LogP contribution in [0.15, 0.2) is 188 Å². The van der Waals surface area contributed by atoms with E-state index < -0.39 is 0 Å². The molecule has 0 atom stereocenters. The Kier molecular flexibility index (Phi) is 7.75.